The van der Waals surface area contributed by atoms with Crippen LogP contribution in [0.5, 0.6) is 0 Å². The van der Waals surface area contributed by atoms with E-state index >= 15 is 0 Å². The van der Waals surface area contributed by atoms with E-state index in [0.29, 0.717) is 0 Å². The molecule has 1 aromatic carbocycles. The first kappa shape index (κ1) is 12.8. The molecule has 0 radical (unpaired) electrons. The van der Waals surface area contributed by atoms with Crippen LogP contribution in [0.4, 0.5) is 0 Å². The van der Waals surface area contributed by atoms with Gasteiger partial charge in [0.25, 0.3) is 0 Å². The minimum atomic E-state index is 0.870. The maximum absolute atomic E-state index is 4.33. The molecule has 0 spiro atoms. The molecular formula is C16H18N4. The van der Waals surface area contributed by atoms with Crippen LogP contribution >= 0.6 is 0 Å². The number of hydrogen-bond acceptors (Lipinski definition) is 3. The molecule has 3 aromatic rings. The molecule has 0 aliphatic heterocycles. The summed E-state index contributed by atoms with van der Waals surface area (Å²) in [6, 6.07) is 10.5. The van der Waals surface area contributed by atoms with Crippen molar-refractivity contribution in [1.82, 2.24) is 19.9 Å². The van der Waals surface area contributed by atoms with E-state index in [9.17, 15) is 0 Å². The van der Waals surface area contributed by atoms with Gasteiger partial charge >= 0.3 is 0 Å². The van der Waals surface area contributed by atoms with Gasteiger partial charge in [-0.05, 0) is 23.8 Å². The molecule has 20 heavy (non-hydrogen) atoms. The third-order valence-electron chi connectivity index (χ3n) is 3.44. The predicted octanol–water partition coefficient (Wildman–Crippen LogP) is 2.30. The number of rotatable bonds is 5. The second kappa shape index (κ2) is 5.84. The van der Waals surface area contributed by atoms with Crippen molar-refractivity contribution in [3.63, 3.8) is 0 Å². The van der Waals surface area contributed by atoms with Gasteiger partial charge in [0.1, 0.15) is 5.82 Å². The summed E-state index contributed by atoms with van der Waals surface area (Å²) in [5.74, 6) is 1.11. The maximum atomic E-state index is 4.33. The number of nitrogens with zero attached hydrogens (tertiary/aromatic N) is 3. The van der Waals surface area contributed by atoms with Crippen LogP contribution in [0.2, 0.25) is 0 Å². The molecule has 0 saturated heterocycles. The van der Waals surface area contributed by atoms with E-state index in [1.165, 1.54) is 10.9 Å². The SMILES string of the molecule is Cn1ccnc1CCNCc1ccc2ncccc2c1. The van der Waals surface area contributed by atoms with E-state index < -0.39 is 0 Å². The lowest BCUT2D eigenvalue weighted by Crippen LogP contribution is -2.18. The van der Waals surface area contributed by atoms with Crippen molar-refractivity contribution >= 4 is 10.9 Å². The third-order valence-corrected chi connectivity index (χ3v) is 3.44. The minimum Gasteiger partial charge on any atom is -0.338 e. The first-order chi connectivity index (χ1) is 9.83. The first-order valence-electron chi connectivity index (χ1n) is 6.83. The number of aromatic nitrogens is 3. The Morgan fingerprint density at radius 1 is 1.15 bits per heavy atom. The molecule has 0 saturated carbocycles. The summed E-state index contributed by atoms with van der Waals surface area (Å²) >= 11 is 0. The number of nitrogens with one attached hydrogen (secondary N) is 1. The highest BCUT2D eigenvalue weighted by Gasteiger charge is 2.00. The molecule has 2 heterocycles. The second-order valence-corrected chi connectivity index (χ2v) is 4.91. The quantitative estimate of drug-likeness (QED) is 0.721. The van der Waals surface area contributed by atoms with Gasteiger partial charge in [0.05, 0.1) is 5.52 Å². The summed E-state index contributed by atoms with van der Waals surface area (Å²) in [6.07, 6.45) is 6.59. The van der Waals surface area contributed by atoms with Crippen LogP contribution in [0.1, 0.15) is 11.4 Å². The Hall–Kier alpha value is -2.20. The highest BCUT2D eigenvalue weighted by Crippen LogP contribution is 2.13. The molecule has 0 bridgehead atoms. The Labute approximate surface area is 118 Å². The topological polar surface area (TPSA) is 42.7 Å². The summed E-state index contributed by atoms with van der Waals surface area (Å²) in [4.78, 5) is 8.65. The molecular weight excluding hydrogens is 248 g/mol. The zero-order valence-corrected chi connectivity index (χ0v) is 11.6. The standard InChI is InChI=1S/C16H18N4/c1-20-10-9-19-16(20)6-8-17-12-13-4-5-15-14(11-13)3-2-7-18-15/h2-5,7,9-11,17H,6,8,12H2,1H3. The fraction of sp³-hybridized carbons (Fsp3) is 0.250. The molecule has 1 N–H and O–H groups in total. The summed E-state index contributed by atoms with van der Waals surface area (Å²) < 4.78 is 2.06. The molecule has 4 heteroatoms. The minimum absolute atomic E-state index is 0.870. The zero-order valence-electron chi connectivity index (χ0n) is 11.6. The largest absolute Gasteiger partial charge is 0.338 e. The summed E-state index contributed by atoms with van der Waals surface area (Å²) in [7, 11) is 2.03. The Balaban J connectivity index is 1.56. The molecule has 4 nitrogen and oxygen atoms in total. The van der Waals surface area contributed by atoms with E-state index in [2.05, 4.69) is 44.1 Å². The van der Waals surface area contributed by atoms with E-state index in [4.69, 9.17) is 0 Å². The molecule has 0 atom stereocenters. The van der Waals surface area contributed by atoms with Gasteiger partial charge in [-0.25, -0.2) is 4.98 Å². The molecule has 0 unspecified atom stereocenters. The molecule has 0 aliphatic carbocycles. The van der Waals surface area contributed by atoms with Crippen molar-refractivity contribution in [2.24, 2.45) is 7.05 Å². The second-order valence-electron chi connectivity index (χ2n) is 4.91. The van der Waals surface area contributed by atoms with Gasteiger partial charge in [-0.3, -0.25) is 4.98 Å². The monoisotopic (exact) mass is 266 g/mol. The lowest BCUT2D eigenvalue weighted by atomic mass is 10.1. The van der Waals surface area contributed by atoms with E-state index in [1.807, 2.05) is 31.7 Å². The van der Waals surface area contributed by atoms with Crippen LogP contribution in [0.25, 0.3) is 10.9 Å². The maximum Gasteiger partial charge on any atom is 0.109 e. The number of hydrogen-bond donors (Lipinski definition) is 1. The molecule has 102 valence electrons. The Morgan fingerprint density at radius 2 is 2.10 bits per heavy atom. The highest BCUT2D eigenvalue weighted by molar-refractivity contribution is 5.78. The van der Waals surface area contributed by atoms with Crippen molar-refractivity contribution in [3.8, 4) is 0 Å². The van der Waals surface area contributed by atoms with Crippen molar-refractivity contribution in [3.05, 3.63) is 60.3 Å². The molecule has 0 amide bonds. The van der Waals surface area contributed by atoms with E-state index in [1.54, 1.807) is 0 Å². The lowest BCUT2D eigenvalue weighted by Gasteiger charge is -2.06. The average molecular weight is 266 g/mol. The summed E-state index contributed by atoms with van der Waals surface area (Å²) in [5, 5.41) is 4.65. The van der Waals surface area contributed by atoms with Crippen molar-refractivity contribution in [1.29, 1.82) is 0 Å². The number of fused-ring (bicyclic) bond motifs is 1. The van der Waals surface area contributed by atoms with Gasteiger partial charge in [-0.15, -0.1) is 0 Å². The fourth-order valence-corrected chi connectivity index (χ4v) is 2.31. The number of benzene rings is 1. The van der Waals surface area contributed by atoms with E-state index in [-0.39, 0.29) is 0 Å². The van der Waals surface area contributed by atoms with Gasteiger partial charge in [-0.1, -0.05) is 12.1 Å². The Morgan fingerprint density at radius 3 is 2.95 bits per heavy atom. The summed E-state index contributed by atoms with van der Waals surface area (Å²) in [6.45, 7) is 1.80. The van der Waals surface area contributed by atoms with E-state index in [0.717, 1.165) is 30.9 Å². The van der Waals surface area contributed by atoms with Crippen LogP contribution in [-0.4, -0.2) is 21.1 Å². The molecule has 0 aliphatic rings. The smallest absolute Gasteiger partial charge is 0.109 e. The van der Waals surface area contributed by atoms with Gasteiger partial charge in [-0.2, -0.15) is 0 Å². The van der Waals surface area contributed by atoms with Crippen LogP contribution in [-0.2, 0) is 20.0 Å². The Kier molecular flexibility index (Phi) is 3.74. The van der Waals surface area contributed by atoms with Gasteiger partial charge in [0.2, 0.25) is 0 Å². The molecule has 3 rings (SSSR count). The van der Waals surface area contributed by atoms with Crippen molar-refractivity contribution in [2.75, 3.05) is 6.54 Å². The zero-order chi connectivity index (χ0) is 13.8. The molecule has 0 fully saturated rings. The lowest BCUT2D eigenvalue weighted by molar-refractivity contribution is 0.655. The van der Waals surface area contributed by atoms with Crippen molar-refractivity contribution < 1.29 is 0 Å². The van der Waals surface area contributed by atoms with Crippen LogP contribution in [0.15, 0.2) is 48.9 Å². The number of imidazole rings is 1. The van der Waals surface area contributed by atoms with Crippen LogP contribution in [0, 0.1) is 0 Å². The third kappa shape index (κ3) is 2.86. The fourth-order valence-electron chi connectivity index (χ4n) is 2.31. The predicted molar refractivity (Wildman–Crippen MR) is 80.4 cm³/mol. The number of aryl methyl sites for hydroxylation is 1. The highest BCUT2D eigenvalue weighted by atomic mass is 15.0. The summed E-state index contributed by atoms with van der Waals surface area (Å²) in [5.41, 5.74) is 2.33. The average Bonchev–Trinajstić information content (AvgIpc) is 2.89. The van der Waals surface area contributed by atoms with Crippen LogP contribution < -0.4 is 5.32 Å². The molecule has 2 aromatic heterocycles. The van der Waals surface area contributed by atoms with Crippen molar-refractivity contribution in [2.45, 2.75) is 13.0 Å². The van der Waals surface area contributed by atoms with Gasteiger partial charge < -0.3 is 9.88 Å². The van der Waals surface area contributed by atoms with Gasteiger partial charge in [0.15, 0.2) is 0 Å². The Bertz CT molecular complexity index is 702. The number of pyridine rings is 1. The first-order valence-corrected chi connectivity index (χ1v) is 6.83. The normalized spacial score (nSPS) is 11.1. The van der Waals surface area contributed by atoms with Gasteiger partial charge in [0, 0.05) is 50.5 Å². The van der Waals surface area contributed by atoms with Crippen LogP contribution in [0.3, 0.4) is 0 Å².